The quantitative estimate of drug-likeness (QED) is 0.813. The molecule has 1 aromatic rings. The largest absolute Gasteiger partial charge is 0.480 e. The van der Waals surface area contributed by atoms with E-state index in [0.717, 1.165) is 32.1 Å². The van der Waals surface area contributed by atoms with Crippen molar-refractivity contribution in [2.24, 2.45) is 0 Å². The van der Waals surface area contributed by atoms with E-state index >= 15 is 0 Å². The summed E-state index contributed by atoms with van der Waals surface area (Å²) in [7, 11) is 0. The molecular weight excluding hydrogens is 298 g/mol. The van der Waals surface area contributed by atoms with Gasteiger partial charge in [-0.05, 0) is 37.8 Å². The Labute approximate surface area is 135 Å². The van der Waals surface area contributed by atoms with Crippen molar-refractivity contribution >= 4 is 11.9 Å². The SMILES string of the molecule is CCCCCc1ccc(C(=O)N2CCCCC2C(=O)O)c(=O)o1. The lowest BCUT2D eigenvalue weighted by Crippen LogP contribution is -2.48. The molecule has 1 N–H and O–H groups in total. The molecule has 6 nitrogen and oxygen atoms in total. The van der Waals surface area contributed by atoms with Crippen LogP contribution >= 0.6 is 0 Å². The number of hydrogen-bond donors (Lipinski definition) is 1. The third kappa shape index (κ3) is 4.21. The molecule has 0 radical (unpaired) electrons. The first-order valence-electron chi connectivity index (χ1n) is 8.21. The summed E-state index contributed by atoms with van der Waals surface area (Å²) in [5.74, 6) is -1.02. The first kappa shape index (κ1) is 17.2. The highest BCUT2D eigenvalue weighted by Gasteiger charge is 2.33. The Hall–Kier alpha value is -2.11. The Kier molecular flexibility index (Phi) is 5.96. The van der Waals surface area contributed by atoms with Crippen LogP contribution in [0.4, 0.5) is 0 Å². The first-order valence-corrected chi connectivity index (χ1v) is 8.21. The van der Waals surface area contributed by atoms with Gasteiger partial charge in [0.15, 0.2) is 0 Å². The molecule has 0 aliphatic carbocycles. The van der Waals surface area contributed by atoms with Crippen LogP contribution in [0.1, 0.15) is 61.6 Å². The molecule has 2 heterocycles. The summed E-state index contributed by atoms with van der Waals surface area (Å²) >= 11 is 0. The number of unbranched alkanes of at least 4 members (excludes halogenated alkanes) is 2. The third-order valence-electron chi connectivity index (χ3n) is 4.19. The second-order valence-electron chi connectivity index (χ2n) is 5.91. The second kappa shape index (κ2) is 7.94. The summed E-state index contributed by atoms with van der Waals surface area (Å²) in [4.78, 5) is 37.1. The van der Waals surface area contributed by atoms with Gasteiger partial charge in [0.25, 0.3) is 5.91 Å². The van der Waals surface area contributed by atoms with Crippen molar-refractivity contribution < 1.29 is 19.1 Å². The molecule has 0 bridgehead atoms. The number of rotatable bonds is 6. The van der Waals surface area contributed by atoms with Crippen molar-refractivity contribution in [3.8, 4) is 0 Å². The van der Waals surface area contributed by atoms with Crippen molar-refractivity contribution in [3.63, 3.8) is 0 Å². The van der Waals surface area contributed by atoms with E-state index in [2.05, 4.69) is 6.92 Å². The van der Waals surface area contributed by atoms with E-state index in [1.807, 2.05) is 0 Å². The Bertz CT molecular complexity index is 622. The van der Waals surface area contributed by atoms with Gasteiger partial charge in [-0.25, -0.2) is 9.59 Å². The van der Waals surface area contributed by atoms with Gasteiger partial charge in [-0.1, -0.05) is 19.8 Å². The van der Waals surface area contributed by atoms with Gasteiger partial charge >= 0.3 is 11.6 Å². The van der Waals surface area contributed by atoms with Gasteiger partial charge in [0, 0.05) is 13.0 Å². The summed E-state index contributed by atoms with van der Waals surface area (Å²) in [5.41, 5.74) is -0.767. The van der Waals surface area contributed by atoms with Gasteiger partial charge < -0.3 is 14.4 Å². The maximum Gasteiger partial charge on any atom is 0.348 e. The number of amides is 1. The highest BCUT2D eigenvalue weighted by molar-refractivity contribution is 5.96. The molecule has 0 aromatic carbocycles. The van der Waals surface area contributed by atoms with Gasteiger partial charge in [-0.3, -0.25) is 4.79 Å². The van der Waals surface area contributed by atoms with E-state index in [1.165, 1.54) is 11.0 Å². The highest BCUT2D eigenvalue weighted by atomic mass is 16.4. The van der Waals surface area contributed by atoms with Crippen molar-refractivity contribution in [3.05, 3.63) is 33.9 Å². The molecule has 23 heavy (non-hydrogen) atoms. The van der Waals surface area contributed by atoms with Crippen LogP contribution in [0.5, 0.6) is 0 Å². The molecule has 1 saturated heterocycles. The zero-order valence-corrected chi connectivity index (χ0v) is 13.4. The van der Waals surface area contributed by atoms with Crippen LogP contribution in [0.2, 0.25) is 0 Å². The van der Waals surface area contributed by atoms with Gasteiger partial charge in [0.2, 0.25) is 0 Å². The minimum absolute atomic E-state index is 0.0857. The molecule has 0 spiro atoms. The summed E-state index contributed by atoms with van der Waals surface area (Å²) in [6, 6.07) is 2.24. The predicted octanol–water partition coefficient (Wildman–Crippen LogP) is 2.45. The molecule has 1 aromatic heterocycles. The Balaban J connectivity index is 2.15. The molecular formula is C17H23NO5. The van der Waals surface area contributed by atoms with E-state index in [1.54, 1.807) is 6.07 Å². The number of carbonyl (C=O) groups excluding carboxylic acids is 1. The van der Waals surface area contributed by atoms with Gasteiger partial charge in [0.05, 0.1) is 0 Å². The molecule has 1 aliphatic rings. The normalized spacial score (nSPS) is 18.0. The van der Waals surface area contributed by atoms with Crippen LogP contribution in [0.25, 0.3) is 0 Å². The minimum atomic E-state index is -1.03. The first-order chi connectivity index (χ1) is 11.0. The second-order valence-corrected chi connectivity index (χ2v) is 5.91. The number of carbonyl (C=O) groups is 2. The zero-order chi connectivity index (χ0) is 16.8. The van der Waals surface area contributed by atoms with E-state index in [-0.39, 0.29) is 5.56 Å². The van der Waals surface area contributed by atoms with Crippen LogP contribution in [-0.2, 0) is 11.2 Å². The lowest BCUT2D eigenvalue weighted by atomic mass is 10.0. The van der Waals surface area contributed by atoms with E-state index < -0.39 is 23.5 Å². The molecule has 1 amide bonds. The van der Waals surface area contributed by atoms with E-state index in [4.69, 9.17) is 4.42 Å². The van der Waals surface area contributed by atoms with Crippen molar-refractivity contribution in [2.45, 2.75) is 57.9 Å². The van der Waals surface area contributed by atoms with Crippen LogP contribution < -0.4 is 5.63 Å². The summed E-state index contributed by atoms with van der Waals surface area (Å²) in [6.45, 7) is 2.45. The van der Waals surface area contributed by atoms with Crippen molar-refractivity contribution in [2.75, 3.05) is 6.54 Å². The fraction of sp³-hybridized carbons (Fsp3) is 0.588. The molecule has 1 unspecified atom stereocenters. The van der Waals surface area contributed by atoms with Crippen LogP contribution in [0, 0.1) is 0 Å². The molecule has 2 rings (SSSR count). The van der Waals surface area contributed by atoms with Gasteiger partial charge in [-0.2, -0.15) is 0 Å². The van der Waals surface area contributed by atoms with Crippen LogP contribution in [-0.4, -0.2) is 34.5 Å². The number of nitrogens with zero attached hydrogens (tertiary/aromatic N) is 1. The van der Waals surface area contributed by atoms with E-state index in [9.17, 15) is 19.5 Å². The fourth-order valence-corrected chi connectivity index (χ4v) is 2.88. The van der Waals surface area contributed by atoms with Crippen molar-refractivity contribution in [1.29, 1.82) is 0 Å². The number of aliphatic carboxylic acids is 1. The summed E-state index contributed by atoms with van der Waals surface area (Å²) in [5, 5.41) is 9.24. The number of likely N-dealkylation sites (tertiary alicyclic amines) is 1. The fourth-order valence-electron chi connectivity index (χ4n) is 2.88. The molecule has 1 atom stereocenters. The Morgan fingerprint density at radius 2 is 2.09 bits per heavy atom. The van der Waals surface area contributed by atoms with Crippen molar-refractivity contribution in [1.82, 2.24) is 4.90 Å². The maximum absolute atomic E-state index is 12.5. The topological polar surface area (TPSA) is 87.8 Å². The van der Waals surface area contributed by atoms with Crippen LogP contribution in [0.3, 0.4) is 0 Å². The summed E-state index contributed by atoms with van der Waals surface area (Å²) in [6.07, 6.45) is 5.66. The Morgan fingerprint density at radius 1 is 1.30 bits per heavy atom. The molecule has 0 saturated carbocycles. The number of piperidine rings is 1. The third-order valence-corrected chi connectivity index (χ3v) is 4.19. The number of carboxylic acid groups (broad SMARTS) is 1. The van der Waals surface area contributed by atoms with Crippen LogP contribution in [0.15, 0.2) is 21.3 Å². The average molecular weight is 321 g/mol. The standard InChI is InChI=1S/C17H23NO5/c1-2-3-4-7-12-9-10-13(17(22)23-12)15(19)18-11-6-5-8-14(18)16(20)21/h9-10,14H,2-8,11H2,1H3,(H,20,21). The smallest absolute Gasteiger partial charge is 0.348 e. The van der Waals surface area contributed by atoms with E-state index in [0.29, 0.717) is 25.1 Å². The highest BCUT2D eigenvalue weighted by Crippen LogP contribution is 2.19. The molecule has 1 fully saturated rings. The molecule has 6 heteroatoms. The van der Waals surface area contributed by atoms with Gasteiger partial charge in [0.1, 0.15) is 17.4 Å². The van der Waals surface area contributed by atoms with Gasteiger partial charge in [-0.15, -0.1) is 0 Å². The molecule has 1 aliphatic heterocycles. The predicted molar refractivity (Wildman–Crippen MR) is 84.5 cm³/mol. The monoisotopic (exact) mass is 321 g/mol. The minimum Gasteiger partial charge on any atom is -0.480 e. The summed E-state index contributed by atoms with van der Waals surface area (Å²) < 4.78 is 5.21. The molecule has 126 valence electrons. The zero-order valence-electron chi connectivity index (χ0n) is 13.4. The number of hydrogen-bond acceptors (Lipinski definition) is 4. The lowest BCUT2D eigenvalue weighted by molar-refractivity contribution is -0.143. The number of aryl methyl sites for hydroxylation is 1. The maximum atomic E-state index is 12.5. The average Bonchev–Trinajstić information content (AvgIpc) is 2.54. The number of carboxylic acids is 1. The lowest BCUT2D eigenvalue weighted by Gasteiger charge is -2.32. The Morgan fingerprint density at radius 3 is 2.74 bits per heavy atom.